The molecule has 3 rings (SSSR count). The van der Waals surface area contributed by atoms with Crippen LogP contribution in [0.1, 0.15) is 11.3 Å². The van der Waals surface area contributed by atoms with Crippen molar-refractivity contribution >= 4 is 33.0 Å². The average Bonchev–Trinajstić information content (AvgIpc) is 2.91. The second-order valence-electron chi connectivity index (χ2n) is 5.54. The molecular formula is C16H19ClN2O2S2. The van der Waals surface area contributed by atoms with E-state index >= 15 is 0 Å². The number of rotatable bonds is 4. The molecule has 1 fully saturated rings. The van der Waals surface area contributed by atoms with Gasteiger partial charge >= 0.3 is 0 Å². The highest BCUT2D eigenvalue weighted by Gasteiger charge is 2.28. The zero-order valence-electron chi connectivity index (χ0n) is 12.7. The minimum atomic E-state index is -3.52. The standard InChI is InChI=1S/C16H19ClN2O2S2/c17-15-6-1-2-7-16(15)23(20,21)19-9-4-8-18(10-11-19)13-14-5-3-12-22-14/h1-3,5-7,12H,4,8-11,13H2. The third kappa shape index (κ3) is 3.95. The lowest BCUT2D eigenvalue weighted by atomic mass is 10.3. The predicted octanol–water partition coefficient (Wildman–Crippen LogP) is 3.30. The van der Waals surface area contributed by atoms with Crippen molar-refractivity contribution in [3.8, 4) is 0 Å². The molecule has 0 radical (unpaired) electrons. The molecule has 0 saturated carbocycles. The molecular weight excluding hydrogens is 352 g/mol. The minimum absolute atomic E-state index is 0.202. The normalized spacial score (nSPS) is 18.0. The van der Waals surface area contributed by atoms with Gasteiger partial charge in [0.1, 0.15) is 4.90 Å². The van der Waals surface area contributed by atoms with Crippen LogP contribution in [0.15, 0.2) is 46.7 Å². The van der Waals surface area contributed by atoms with Crippen LogP contribution in [0, 0.1) is 0 Å². The van der Waals surface area contributed by atoms with E-state index in [-0.39, 0.29) is 9.92 Å². The minimum Gasteiger partial charge on any atom is -0.297 e. The lowest BCUT2D eigenvalue weighted by Crippen LogP contribution is -2.35. The van der Waals surface area contributed by atoms with Crippen molar-refractivity contribution in [3.05, 3.63) is 51.7 Å². The molecule has 1 aromatic carbocycles. The maximum Gasteiger partial charge on any atom is 0.244 e. The van der Waals surface area contributed by atoms with E-state index in [9.17, 15) is 8.42 Å². The summed E-state index contributed by atoms with van der Waals surface area (Å²) in [4.78, 5) is 3.83. The number of nitrogens with zero attached hydrogens (tertiary/aromatic N) is 2. The van der Waals surface area contributed by atoms with Crippen LogP contribution < -0.4 is 0 Å². The summed E-state index contributed by atoms with van der Waals surface area (Å²) < 4.78 is 27.2. The molecule has 2 aromatic rings. The van der Waals surface area contributed by atoms with Crippen LogP contribution in [0.25, 0.3) is 0 Å². The van der Waals surface area contributed by atoms with Crippen LogP contribution in [0.5, 0.6) is 0 Å². The van der Waals surface area contributed by atoms with Gasteiger partial charge in [0.15, 0.2) is 0 Å². The van der Waals surface area contributed by atoms with E-state index in [1.54, 1.807) is 39.9 Å². The molecule has 0 atom stereocenters. The molecule has 1 aliphatic heterocycles. The van der Waals surface area contributed by atoms with Crippen molar-refractivity contribution in [3.63, 3.8) is 0 Å². The summed E-state index contributed by atoms with van der Waals surface area (Å²) in [5.74, 6) is 0. The van der Waals surface area contributed by atoms with Crippen molar-refractivity contribution in [1.29, 1.82) is 0 Å². The SMILES string of the molecule is O=S(=O)(c1ccccc1Cl)N1CCCN(Cc2cccs2)CC1. The van der Waals surface area contributed by atoms with Crippen molar-refractivity contribution in [2.24, 2.45) is 0 Å². The molecule has 1 aromatic heterocycles. The molecule has 0 unspecified atom stereocenters. The number of hydrogen-bond acceptors (Lipinski definition) is 4. The van der Waals surface area contributed by atoms with Gasteiger partial charge in [-0.2, -0.15) is 4.31 Å². The van der Waals surface area contributed by atoms with Gasteiger partial charge in [0, 0.05) is 31.1 Å². The largest absolute Gasteiger partial charge is 0.297 e. The van der Waals surface area contributed by atoms with Gasteiger partial charge in [-0.15, -0.1) is 11.3 Å². The third-order valence-corrected chi connectivity index (χ3v) is 7.22. The van der Waals surface area contributed by atoms with Crippen molar-refractivity contribution in [1.82, 2.24) is 9.21 Å². The predicted molar refractivity (Wildman–Crippen MR) is 94.4 cm³/mol. The van der Waals surface area contributed by atoms with Gasteiger partial charge in [-0.25, -0.2) is 8.42 Å². The summed E-state index contributed by atoms with van der Waals surface area (Å²) in [7, 11) is -3.52. The van der Waals surface area contributed by atoms with Crippen LogP contribution in [-0.4, -0.2) is 43.8 Å². The fourth-order valence-electron chi connectivity index (χ4n) is 2.76. The summed E-state index contributed by atoms with van der Waals surface area (Å²) in [5.41, 5.74) is 0. The molecule has 0 bridgehead atoms. The molecule has 1 aliphatic rings. The van der Waals surface area contributed by atoms with Crippen LogP contribution in [-0.2, 0) is 16.6 Å². The molecule has 4 nitrogen and oxygen atoms in total. The van der Waals surface area contributed by atoms with Crippen LogP contribution in [0.4, 0.5) is 0 Å². The molecule has 7 heteroatoms. The smallest absolute Gasteiger partial charge is 0.244 e. The Morgan fingerprint density at radius 2 is 1.87 bits per heavy atom. The maximum atomic E-state index is 12.8. The second kappa shape index (κ2) is 7.32. The molecule has 0 spiro atoms. The van der Waals surface area contributed by atoms with Crippen molar-refractivity contribution < 1.29 is 8.42 Å². The van der Waals surface area contributed by atoms with Gasteiger partial charge in [0.25, 0.3) is 0 Å². The first-order chi connectivity index (χ1) is 11.1. The quantitative estimate of drug-likeness (QED) is 0.829. The van der Waals surface area contributed by atoms with E-state index < -0.39 is 10.0 Å². The van der Waals surface area contributed by atoms with E-state index in [1.807, 2.05) is 6.07 Å². The zero-order valence-corrected chi connectivity index (χ0v) is 15.1. The monoisotopic (exact) mass is 370 g/mol. The van der Waals surface area contributed by atoms with Crippen LogP contribution in [0.2, 0.25) is 5.02 Å². The van der Waals surface area contributed by atoms with Gasteiger partial charge in [-0.3, -0.25) is 4.90 Å². The van der Waals surface area contributed by atoms with Gasteiger partial charge in [-0.05, 0) is 36.5 Å². The highest BCUT2D eigenvalue weighted by molar-refractivity contribution is 7.89. The Hall–Kier alpha value is -0.920. The Labute approximate surface area is 146 Å². The summed E-state index contributed by atoms with van der Waals surface area (Å²) in [5, 5.41) is 2.36. The van der Waals surface area contributed by atoms with Gasteiger partial charge in [-0.1, -0.05) is 29.8 Å². The highest BCUT2D eigenvalue weighted by atomic mass is 35.5. The highest BCUT2D eigenvalue weighted by Crippen LogP contribution is 2.25. The lowest BCUT2D eigenvalue weighted by molar-refractivity contribution is 0.281. The number of benzene rings is 1. The summed E-state index contributed by atoms with van der Waals surface area (Å²) in [6.45, 7) is 3.57. The lowest BCUT2D eigenvalue weighted by Gasteiger charge is -2.21. The number of sulfonamides is 1. The van der Waals surface area contributed by atoms with Crippen LogP contribution >= 0.6 is 22.9 Å². The Bertz CT molecular complexity index is 747. The number of hydrogen-bond donors (Lipinski definition) is 0. The molecule has 23 heavy (non-hydrogen) atoms. The first kappa shape index (κ1) is 16.9. The molecule has 124 valence electrons. The van der Waals surface area contributed by atoms with Crippen molar-refractivity contribution in [2.75, 3.05) is 26.2 Å². The first-order valence-corrected chi connectivity index (χ1v) is 10.3. The third-order valence-electron chi connectivity index (χ3n) is 3.96. The van der Waals surface area contributed by atoms with E-state index in [0.29, 0.717) is 13.1 Å². The van der Waals surface area contributed by atoms with E-state index in [4.69, 9.17) is 11.6 Å². The van der Waals surface area contributed by atoms with E-state index in [0.717, 1.165) is 26.1 Å². The fourth-order valence-corrected chi connectivity index (χ4v) is 5.47. The number of halogens is 1. The average molecular weight is 371 g/mol. The maximum absolute atomic E-state index is 12.8. The zero-order chi connectivity index (χ0) is 16.3. The second-order valence-corrected chi connectivity index (χ2v) is 8.89. The molecule has 2 heterocycles. The Morgan fingerprint density at radius 1 is 1.04 bits per heavy atom. The Balaban J connectivity index is 1.71. The molecule has 1 saturated heterocycles. The van der Waals surface area contributed by atoms with Gasteiger partial charge in [0.05, 0.1) is 5.02 Å². The van der Waals surface area contributed by atoms with E-state index in [2.05, 4.69) is 16.3 Å². The van der Waals surface area contributed by atoms with E-state index in [1.165, 1.54) is 4.88 Å². The summed E-state index contributed by atoms with van der Waals surface area (Å²) in [6, 6.07) is 10.8. The van der Waals surface area contributed by atoms with Gasteiger partial charge in [0.2, 0.25) is 10.0 Å². The summed E-state index contributed by atoms with van der Waals surface area (Å²) >= 11 is 7.81. The molecule has 0 amide bonds. The fraction of sp³-hybridized carbons (Fsp3) is 0.375. The number of thiophene rings is 1. The van der Waals surface area contributed by atoms with Crippen LogP contribution in [0.3, 0.4) is 0 Å². The van der Waals surface area contributed by atoms with Gasteiger partial charge < -0.3 is 0 Å². The summed E-state index contributed by atoms with van der Waals surface area (Å²) in [6.07, 6.45) is 0.828. The first-order valence-electron chi connectivity index (χ1n) is 7.57. The Morgan fingerprint density at radius 3 is 2.61 bits per heavy atom. The Kier molecular flexibility index (Phi) is 5.38. The topological polar surface area (TPSA) is 40.6 Å². The molecule has 0 N–H and O–H groups in total. The molecule has 0 aliphatic carbocycles. The van der Waals surface area contributed by atoms with Crippen molar-refractivity contribution in [2.45, 2.75) is 17.9 Å².